The van der Waals surface area contributed by atoms with Crippen molar-refractivity contribution in [2.24, 2.45) is 0 Å². The van der Waals surface area contributed by atoms with E-state index in [0.29, 0.717) is 6.54 Å². The van der Waals surface area contributed by atoms with Crippen LogP contribution in [-0.4, -0.2) is 57.5 Å². The van der Waals surface area contributed by atoms with Crippen LogP contribution >= 0.6 is 0 Å². The van der Waals surface area contributed by atoms with Crippen molar-refractivity contribution in [3.63, 3.8) is 0 Å². The van der Waals surface area contributed by atoms with E-state index in [-0.39, 0.29) is 24.5 Å². The van der Waals surface area contributed by atoms with Crippen LogP contribution in [0.25, 0.3) is 0 Å². The number of amides is 1. The zero-order valence-corrected chi connectivity index (χ0v) is 13.3. The monoisotopic (exact) mass is 284 g/mol. The number of aliphatic carboxylic acids is 1. The third-order valence-electron chi connectivity index (χ3n) is 4.50. The molecular weight excluding hydrogens is 256 g/mol. The first-order chi connectivity index (χ1) is 9.21. The van der Waals surface area contributed by atoms with Gasteiger partial charge in [0.1, 0.15) is 5.54 Å². The van der Waals surface area contributed by atoms with E-state index >= 15 is 0 Å². The first-order valence-corrected chi connectivity index (χ1v) is 7.51. The van der Waals surface area contributed by atoms with E-state index in [1.165, 1.54) is 0 Å². The van der Waals surface area contributed by atoms with Gasteiger partial charge in [-0.1, -0.05) is 6.92 Å². The molecule has 1 heterocycles. The van der Waals surface area contributed by atoms with E-state index < -0.39 is 11.5 Å². The lowest BCUT2D eigenvalue weighted by molar-refractivity contribution is -0.152. The van der Waals surface area contributed by atoms with Crippen LogP contribution in [-0.2, 0) is 9.59 Å². The van der Waals surface area contributed by atoms with Gasteiger partial charge in [0.2, 0.25) is 5.91 Å². The molecule has 1 fully saturated rings. The highest BCUT2D eigenvalue weighted by molar-refractivity contribution is 5.82. The average Bonchev–Trinajstić information content (AvgIpc) is 2.35. The van der Waals surface area contributed by atoms with E-state index in [0.717, 1.165) is 19.3 Å². The Morgan fingerprint density at radius 2 is 1.75 bits per heavy atom. The van der Waals surface area contributed by atoms with Crippen LogP contribution < -0.4 is 0 Å². The molecule has 0 radical (unpaired) electrons. The van der Waals surface area contributed by atoms with Crippen LogP contribution in [0.2, 0.25) is 0 Å². The lowest BCUT2D eigenvalue weighted by Crippen LogP contribution is -2.56. The largest absolute Gasteiger partial charge is 0.480 e. The fourth-order valence-corrected chi connectivity index (χ4v) is 3.00. The second-order valence-corrected chi connectivity index (χ2v) is 6.31. The molecule has 2 atom stereocenters. The number of carboxylic acids is 1. The fraction of sp³-hybridized carbons (Fsp3) is 0.867. The minimum absolute atomic E-state index is 0.0425. The molecule has 0 saturated carbocycles. The van der Waals surface area contributed by atoms with Crippen molar-refractivity contribution < 1.29 is 14.7 Å². The number of piperidine rings is 1. The molecule has 1 N–H and O–H groups in total. The van der Waals surface area contributed by atoms with E-state index in [1.807, 2.05) is 11.8 Å². The van der Waals surface area contributed by atoms with Crippen molar-refractivity contribution in [1.29, 1.82) is 0 Å². The molecule has 20 heavy (non-hydrogen) atoms. The van der Waals surface area contributed by atoms with Gasteiger partial charge in [0.05, 0.1) is 6.54 Å². The third-order valence-corrected chi connectivity index (χ3v) is 4.50. The van der Waals surface area contributed by atoms with Gasteiger partial charge in [-0.3, -0.25) is 14.5 Å². The average molecular weight is 284 g/mol. The zero-order chi connectivity index (χ0) is 15.5. The molecule has 1 rings (SSSR count). The summed E-state index contributed by atoms with van der Waals surface area (Å²) in [5.74, 6) is -0.854. The quantitative estimate of drug-likeness (QED) is 0.838. The van der Waals surface area contributed by atoms with Gasteiger partial charge in [0.25, 0.3) is 0 Å². The number of likely N-dealkylation sites (N-methyl/N-ethyl adjacent to an activating group) is 1. The highest BCUT2D eigenvalue weighted by atomic mass is 16.4. The molecule has 5 heteroatoms. The SMILES string of the molecule is CCN(CC(=O)N1C(C)CCCC1C)C(C)(C)C(=O)O. The number of nitrogens with zero attached hydrogens (tertiary/aromatic N) is 2. The topological polar surface area (TPSA) is 60.9 Å². The molecule has 1 aliphatic heterocycles. The molecule has 0 aromatic carbocycles. The molecule has 5 nitrogen and oxygen atoms in total. The predicted molar refractivity (Wildman–Crippen MR) is 78.6 cm³/mol. The van der Waals surface area contributed by atoms with Crippen LogP contribution in [0, 0.1) is 0 Å². The summed E-state index contributed by atoms with van der Waals surface area (Å²) in [5.41, 5.74) is -1.02. The van der Waals surface area contributed by atoms with Crippen molar-refractivity contribution >= 4 is 11.9 Å². The Morgan fingerprint density at radius 3 is 2.15 bits per heavy atom. The smallest absolute Gasteiger partial charge is 0.323 e. The van der Waals surface area contributed by atoms with Crippen molar-refractivity contribution in [3.8, 4) is 0 Å². The Balaban J connectivity index is 2.79. The zero-order valence-electron chi connectivity index (χ0n) is 13.3. The maximum atomic E-state index is 12.5. The van der Waals surface area contributed by atoms with Gasteiger partial charge in [-0.15, -0.1) is 0 Å². The van der Waals surface area contributed by atoms with Crippen LogP contribution in [0.1, 0.15) is 53.9 Å². The number of rotatable bonds is 5. The Kier molecular flexibility index (Phi) is 5.57. The minimum Gasteiger partial charge on any atom is -0.480 e. The van der Waals surface area contributed by atoms with Gasteiger partial charge in [0.15, 0.2) is 0 Å². The van der Waals surface area contributed by atoms with Crippen LogP contribution in [0.15, 0.2) is 0 Å². The highest BCUT2D eigenvalue weighted by Gasteiger charge is 2.37. The maximum absolute atomic E-state index is 12.5. The van der Waals surface area contributed by atoms with Crippen molar-refractivity contribution in [1.82, 2.24) is 9.80 Å². The summed E-state index contributed by atoms with van der Waals surface area (Å²) in [6.07, 6.45) is 3.22. The number of carboxylic acid groups (broad SMARTS) is 1. The Labute approximate surface area is 121 Å². The molecule has 0 aromatic rings. The summed E-state index contributed by atoms with van der Waals surface area (Å²) in [6, 6.07) is 0.496. The van der Waals surface area contributed by atoms with Gasteiger partial charge in [0, 0.05) is 12.1 Å². The number of likely N-dealkylation sites (tertiary alicyclic amines) is 1. The van der Waals surface area contributed by atoms with Gasteiger partial charge in [-0.2, -0.15) is 0 Å². The third kappa shape index (κ3) is 3.51. The second kappa shape index (κ2) is 6.57. The summed E-state index contributed by atoms with van der Waals surface area (Å²) in [4.78, 5) is 27.6. The molecular formula is C15H28N2O3. The van der Waals surface area contributed by atoms with Crippen molar-refractivity contribution in [2.45, 2.75) is 71.5 Å². The summed E-state index contributed by atoms with van der Waals surface area (Å²) in [6.45, 7) is 10.1. The molecule has 0 aliphatic carbocycles. The molecule has 1 saturated heterocycles. The number of hydrogen-bond donors (Lipinski definition) is 1. The van der Waals surface area contributed by atoms with Gasteiger partial charge >= 0.3 is 5.97 Å². The first kappa shape index (κ1) is 17.0. The highest BCUT2D eigenvalue weighted by Crippen LogP contribution is 2.23. The number of carbonyl (C=O) groups excluding carboxylic acids is 1. The Hall–Kier alpha value is -1.10. The summed E-state index contributed by atoms with van der Waals surface area (Å²) >= 11 is 0. The first-order valence-electron chi connectivity index (χ1n) is 7.51. The second-order valence-electron chi connectivity index (χ2n) is 6.31. The van der Waals surface area contributed by atoms with Crippen LogP contribution in [0.4, 0.5) is 0 Å². The van der Waals surface area contributed by atoms with Gasteiger partial charge < -0.3 is 10.0 Å². The van der Waals surface area contributed by atoms with Gasteiger partial charge in [-0.25, -0.2) is 0 Å². The molecule has 0 bridgehead atoms. The molecule has 0 spiro atoms. The molecule has 0 aromatic heterocycles. The van der Waals surface area contributed by atoms with E-state index in [9.17, 15) is 14.7 Å². The lowest BCUT2D eigenvalue weighted by atomic mass is 9.97. The minimum atomic E-state index is -1.02. The fourth-order valence-electron chi connectivity index (χ4n) is 3.00. The number of hydrogen-bond acceptors (Lipinski definition) is 3. The molecule has 1 amide bonds. The van der Waals surface area contributed by atoms with E-state index in [1.54, 1.807) is 18.7 Å². The van der Waals surface area contributed by atoms with E-state index in [2.05, 4.69) is 13.8 Å². The Morgan fingerprint density at radius 1 is 1.25 bits per heavy atom. The Bertz CT molecular complexity index is 358. The standard InChI is InChI=1S/C15H28N2O3/c1-6-16(15(4,5)14(19)20)10-13(18)17-11(2)8-7-9-12(17)3/h11-12H,6-10H2,1-5H3,(H,19,20). The van der Waals surface area contributed by atoms with Crippen LogP contribution in [0.3, 0.4) is 0 Å². The van der Waals surface area contributed by atoms with Crippen LogP contribution in [0.5, 0.6) is 0 Å². The summed E-state index contributed by atoms with van der Waals surface area (Å²) in [5, 5.41) is 9.30. The maximum Gasteiger partial charge on any atom is 0.323 e. The number of carbonyl (C=O) groups is 2. The van der Waals surface area contributed by atoms with E-state index in [4.69, 9.17) is 0 Å². The molecule has 2 unspecified atom stereocenters. The van der Waals surface area contributed by atoms with Gasteiger partial charge in [-0.05, 0) is 53.5 Å². The van der Waals surface area contributed by atoms with Crippen molar-refractivity contribution in [3.05, 3.63) is 0 Å². The van der Waals surface area contributed by atoms with Crippen molar-refractivity contribution in [2.75, 3.05) is 13.1 Å². The molecule has 116 valence electrons. The summed E-state index contributed by atoms with van der Waals surface area (Å²) in [7, 11) is 0. The normalized spacial score (nSPS) is 24.0. The predicted octanol–water partition coefficient (Wildman–Crippen LogP) is 1.96. The summed E-state index contributed by atoms with van der Waals surface area (Å²) < 4.78 is 0. The lowest BCUT2D eigenvalue weighted by Gasteiger charge is -2.41. The molecule has 1 aliphatic rings.